The number of carbonyl (C=O) groups is 6. The average Bonchev–Trinajstić information content (AvgIpc) is 2.81. The zero-order chi connectivity index (χ0) is 27.7. The number of carboxylic acid groups (broad SMARTS) is 2. The third-order valence-corrected chi connectivity index (χ3v) is 5.76. The zero-order valence-electron chi connectivity index (χ0n) is 26.0. The van der Waals surface area contributed by atoms with Crippen LogP contribution in [-0.2, 0) is 38.2 Å². The molecule has 0 heterocycles. The van der Waals surface area contributed by atoms with E-state index >= 15 is 0 Å². The largest absolute Gasteiger partial charge is 1.00 e. The van der Waals surface area contributed by atoms with Crippen molar-refractivity contribution >= 4 is 35.8 Å². The van der Waals surface area contributed by atoms with E-state index in [0.29, 0.717) is 38.5 Å². The molecule has 0 rings (SSSR count). The summed E-state index contributed by atoms with van der Waals surface area (Å²) < 4.78 is 9.59. The Kier molecular flexibility index (Phi) is 35.4. The van der Waals surface area contributed by atoms with Gasteiger partial charge in [-0.3, -0.25) is 28.8 Å². The topological polar surface area (TPSA) is 161 Å². The summed E-state index contributed by atoms with van der Waals surface area (Å²) in [6.07, 6.45) is 11.9. The molecule has 0 aliphatic heterocycles. The second kappa shape index (κ2) is 31.4. The molecule has 0 saturated carbocycles. The Labute approximate surface area is 320 Å². The number of carboxylic acids is 2. The number of unbranched alkanes of at least 4 members (excludes halogenated alkanes) is 12. The Morgan fingerprint density at radius 2 is 0.538 bits per heavy atom. The van der Waals surface area contributed by atoms with Gasteiger partial charge in [-0.25, -0.2) is 0 Å². The van der Waals surface area contributed by atoms with Crippen molar-refractivity contribution < 1.29 is 154 Å². The van der Waals surface area contributed by atoms with Gasteiger partial charge in [0.15, 0.2) is 0 Å². The molecule has 0 amide bonds. The van der Waals surface area contributed by atoms with Crippen LogP contribution in [0, 0.1) is 0 Å². The maximum Gasteiger partial charge on any atom is 1.00 e. The molecule has 0 spiro atoms. The molecule has 2 N–H and O–H groups in total. The van der Waals surface area contributed by atoms with Gasteiger partial charge in [-0.1, -0.05) is 57.8 Å². The van der Waals surface area contributed by atoms with E-state index in [-0.39, 0.29) is 144 Å². The van der Waals surface area contributed by atoms with Crippen molar-refractivity contribution in [3.8, 4) is 0 Å². The van der Waals surface area contributed by atoms with Gasteiger partial charge in [0.05, 0.1) is 0 Å². The molecular formula is C27H46K2O10. The van der Waals surface area contributed by atoms with Crippen LogP contribution in [0.1, 0.15) is 138 Å². The van der Waals surface area contributed by atoms with E-state index in [1.165, 1.54) is 0 Å². The SMILES string of the molecule is O=C(O)CCCCCCCC(=O)OC(=O)CCCCCCCC(=O)OC(=O)CCCCCCCC(=O)O.[H-].[H-].[K+].[K+]. The zero-order valence-corrected chi connectivity index (χ0v) is 30.3. The van der Waals surface area contributed by atoms with Gasteiger partial charge >= 0.3 is 139 Å². The average molecular weight is 609 g/mol. The number of aliphatic carboxylic acids is 2. The van der Waals surface area contributed by atoms with Crippen LogP contribution in [0.15, 0.2) is 0 Å². The van der Waals surface area contributed by atoms with Crippen molar-refractivity contribution in [2.45, 2.75) is 135 Å². The summed E-state index contributed by atoms with van der Waals surface area (Å²) in [4.78, 5) is 67.6. The first kappa shape index (κ1) is 43.9. The first-order valence-electron chi connectivity index (χ1n) is 13.6. The molecule has 12 heteroatoms. The predicted octanol–water partition coefficient (Wildman–Crippen LogP) is -0.280. The van der Waals surface area contributed by atoms with E-state index < -0.39 is 35.8 Å². The fourth-order valence-corrected chi connectivity index (χ4v) is 3.68. The van der Waals surface area contributed by atoms with Crippen LogP contribution < -0.4 is 103 Å². The second-order valence-electron chi connectivity index (χ2n) is 9.28. The van der Waals surface area contributed by atoms with Crippen molar-refractivity contribution in [1.29, 1.82) is 0 Å². The van der Waals surface area contributed by atoms with Crippen LogP contribution in [-0.4, -0.2) is 46.0 Å². The second-order valence-corrected chi connectivity index (χ2v) is 9.28. The molecule has 0 aliphatic carbocycles. The molecule has 0 saturated heterocycles. The van der Waals surface area contributed by atoms with E-state index in [4.69, 9.17) is 19.7 Å². The minimum absolute atomic E-state index is 0. The number of hydrogen-bond donors (Lipinski definition) is 2. The molecule has 0 unspecified atom stereocenters. The van der Waals surface area contributed by atoms with E-state index in [9.17, 15) is 28.8 Å². The summed E-state index contributed by atoms with van der Waals surface area (Å²) in [5.41, 5.74) is 0. The van der Waals surface area contributed by atoms with Crippen LogP contribution in [0.2, 0.25) is 0 Å². The first-order valence-corrected chi connectivity index (χ1v) is 13.6. The maximum absolute atomic E-state index is 11.7. The Bertz CT molecular complexity index is 666. The van der Waals surface area contributed by atoms with Gasteiger partial charge in [-0.15, -0.1) is 0 Å². The van der Waals surface area contributed by atoms with Crippen molar-refractivity contribution in [1.82, 2.24) is 0 Å². The van der Waals surface area contributed by atoms with Crippen LogP contribution >= 0.6 is 0 Å². The summed E-state index contributed by atoms with van der Waals surface area (Å²) in [7, 11) is 0. The molecule has 0 aliphatic rings. The number of rotatable bonds is 24. The molecule has 39 heavy (non-hydrogen) atoms. The Hall–Kier alpha value is 0.493. The molecule has 0 fully saturated rings. The van der Waals surface area contributed by atoms with E-state index in [0.717, 1.165) is 57.8 Å². The number of carbonyl (C=O) groups excluding carboxylic acids is 4. The van der Waals surface area contributed by atoms with Crippen molar-refractivity contribution in [2.24, 2.45) is 0 Å². The number of hydrogen-bond acceptors (Lipinski definition) is 8. The third kappa shape index (κ3) is 34.6. The standard InChI is InChI=1S/C27H44O10.2K.2H/c28-22(29)16-10-4-1-6-12-18-24(32)36-26(34)20-14-8-3-9-15-21-27(35)37-25(33)19-13-7-2-5-11-17-23(30)31;;;;/h1-21H2,(H,28,29)(H,30,31);;;;/q;2*+1;2*-1. The summed E-state index contributed by atoms with van der Waals surface area (Å²) in [6, 6.07) is 0. The molecule has 10 nitrogen and oxygen atoms in total. The van der Waals surface area contributed by atoms with Crippen molar-refractivity contribution in [3.63, 3.8) is 0 Å². The molecule has 0 bridgehead atoms. The van der Waals surface area contributed by atoms with Crippen LogP contribution in [0.25, 0.3) is 0 Å². The minimum Gasteiger partial charge on any atom is -1.00 e. The molecule has 0 radical (unpaired) electrons. The van der Waals surface area contributed by atoms with Gasteiger partial charge in [0.25, 0.3) is 0 Å². The Morgan fingerprint density at radius 3 is 0.744 bits per heavy atom. The predicted molar refractivity (Wildman–Crippen MR) is 137 cm³/mol. The fourth-order valence-electron chi connectivity index (χ4n) is 3.68. The Balaban J connectivity index is -0.00000108. The summed E-state index contributed by atoms with van der Waals surface area (Å²) in [6.45, 7) is 0. The molecule has 0 aromatic carbocycles. The first-order chi connectivity index (χ1) is 17.7. The molecule has 216 valence electrons. The summed E-state index contributed by atoms with van der Waals surface area (Å²) >= 11 is 0. The molecule has 0 atom stereocenters. The van der Waals surface area contributed by atoms with Crippen LogP contribution in [0.4, 0.5) is 0 Å². The van der Waals surface area contributed by atoms with Gasteiger partial charge in [0.1, 0.15) is 0 Å². The van der Waals surface area contributed by atoms with Gasteiger partial charge in [-0.05, 0) is 38.5 Å². The van der Waals surface area contributed by atoms with E-state index in [1.54, 1.807) is 0 Å². The van der Waals surface area contributed by atoms with Gasteiger partial charge < -0.3 is 22.5 Å². The smallest absolute Gasteiger partial charge is 1.00 e. The summed E-state index contributed by atoms with van der Waals surface area (Å²) in [5.74, 6) is -3.73. The molecule has 0 aromatic heterocycles. The molecule has 0 aromatic rings. The monoisotopic (exact) mass is 608 g/mol. The minimum atomic E-state index is -0.803. The summed E-state index contributed by atoms with van der Waals surface area (Å²) in [5, 5.41) is 17.1. The normalized spacial score (nSPS) is 10.1. The van der Waals surface area contributed by atoms with Crippen molar-refractivity contribution in [3.05, 3.63) is 0 Å². The van der Waals surface area contributed by atoms with E-state index in [2.05, 4.69) is 0 Å². The van der Waals surface area contributed by atoms with Gasteiger partial charge in [0, 0.05) is 38.5 Å². The quantitative estimate of drug-likeness (QED) is 0.0645. The number of ether oxygens (including phenoxy) is 2. The van der Waals surface area contributed by atoms with Gasteiger partial charge in [0.2, 0.25) is 0 Å². The third-order valence-electron chi connectivity index (χ3n) is 5.76. The van der Waals surface area contributed by atoms with Crippen LogP contribution in [0.3, 0.4) is 0 Å². The Morgan fingerprint density at radius 1 is 0.359 bits per heavy atom. The number of esters is 4. The van der Waals surface area contributed by atoms with E-state index in [1.807, 2.05) is 0 Å². The van der Waals surface area contributed by atoms with Gasteiger partial charge in [-0.2, -0.15) is 0 Å². The fraction of sp³-hybridized carbons (Fsp3) is 0.778. The maximum atomic E-state index is 11.7. The van der Waals surface area contributed by atoms with Crippen molar-refractivity contribution in [2.75, 3.05) is 0 Å². The van der Waals surface area contributed by atoms with Crippen LogP contribution in [0.5, 0.6) is 0 Å². The molecular weight excluding hydrogens is 562 g/mol.